The first kappa shape index (κ1) is 10.4. The van der Waals surface area contributed by atoms with Gasteiger partial charge < -0.3 is 15.9 Å². The van der Waals surface area contributed by atoms with Gasteiger partial charge in [0.25, 0.3) is 0 Å². The molecule has 0 radical (unpaired) electrons. The molecule has 0 spiro atoms. The fraction of sp³-hybridized carbons (Fsp3) is 0. The van der Waals surface area contributed by atoms with Gasteiger partial charge in [-0.05, 0) is 17.8 Å². The zero-order valence-corrected chi connectivity index (χ0v) is 8.85. The second-order valence-electron chi connectivity index (χ2n) is 2.71. The zero-order chi connectivity index (χ0) is 11.4. The molecule has 2 aromatic rings. The normalized spacial score (nSPS) is 11.6. The molecule has 0 saturated carbocycles. The molecular formula is C8H8N6OS. The van der Waals surface area contributed by atoms with E-state index in [1.165, 1.54) is 18.0 Å². The number of hydrogen-bond donors (Lipinski definition) is 3. The number of amidine groups is 1. The molecule has 0 unspecified atom stereocenters. The predicted octanol–water partition coefficient (Wildman–Crippen LogP) is 0.445. The molecule has 0 bridgehead atoms. The van der Waals surface area contributed by atoms with Crippen molar-refractivity contribution in [1.29, 1.82) is 0 Å². The van der Waals surface area contributed by atoms with Crippen molar-refractivity contribution >= 4 is 17.6 Å². The van der Waals surface area contributed by atoms with E-state index in [4.69, 9.17) is 10.9 Å². The predicted molar refractivity (Wildman–Crippen MR) is 57.3 cm³/mol. The van der Waals surface area contributed by atoms with E-state index in [2.05, 4.69) is 25.1 Å². The smallest absolute Gasteiger partial charge is 0.196 e. The molecular weight excluding hydrogens is 228 g/mol. The van der Waals surface area contributed by atoms with Gasteiger partial charge in [-0.3, -0.25) is 0 Å². The number of nitrogens with one attached hydrogen (secondary N) is 1. The summed E-state index contributed by atoms with van der Waals surface area (Å²) >= 11 is 1.26. The van der Waals surface area contributed by atoms with Crippen molar-refractivity contribution in [3.8, 4) is 0 Å². The summed E-state index contributed by atoms with van der Waals surface area (Å²) in [5, 5.41) is 12.5. The van der Waals surface area contributed by atoms with Crippen LogP contribution in [0.3, 0.4) is 0 Å². The number of aromatic nitrogens is 4. The SMILES string of the molecule is N/C(=N/O)c1ccnc(Sc2ncc[nH]2)n1. The Labute approximate surface area is 94.8 Å². The summed E-state index contributed by atoms with van der Waals surface area (Å²) in [6, 6.07) is 1.56. The molecule has 0 saturated heterocycles. The molecule has 0 aliphatic heterocycles. The Kier molecular flexibility index (Phi) is 3.01. The first-order valence-electron chi connectivity index (χ1n) is 4.28. The maximum Gasteiger partial charge on any atom is 0.196 e. The summed E-state index contributed by atoms with van der Waals surface area (Å²) in [7, 11) is 0. The van der Waals surface area contributed by atoms with Crippen LogP contribution in [0.25, 0.3) is 0 Å². The van der Waals surface area contributed by atoms with Crippen molar-refractivity contribution in [2.24, 2.45) is 10.9 Å². The molecule has 2 heterocycles. The van der Waals surface area contributed by atoms with E-state index in [0.717, 1.165) is 0 Å². The largest absolute Gasteiger partial charge is 0.409 e. The summed E-state index contributed by atoms with van der Waals surface area (Å²) in [5.74, 6) is -0.0521. The lowest BCUT2D eigenvalue weighted by atomic mass is 10.4. The highest BCUT2D eigenvalue weighted by Gasteiger charge is 2.06. The van der Waals surface area contributed by atoms with E-state index in [1.54, 1.807) is 18.5 Å². The highest BCUT2D eigenvalue weighted by molar-refractivity contribution is 7.99. The molecule has 82 valence electrons. The van der Waals surface area contributed by atoms with Crippen molar-refractivity contribution < 1.29 is 5.21 Å². The van der Waals surface area contributed by atoms with Gasteiger partial charge >= 0.3 is 0 Å². The highest BCUT2D eigenvalue weighted by atomic mass is 32.2. The van der Waals surface area contributed by atoms with E-state index in [9.17, 15) is 0 Å². The van der Waals surface area contributed by atoms with Gasteiger partial charge in [-0.15, -0.1) is 0 Å². The van der Waals surface area contributed by atoms with Gasteiger partial charge in [-0.25, -0.2) is 15.0 Å². The van der Waals surface area contributed by atoms with E-state index >= 15 is 0 Å². The minimum Gasteiger partial charge on any atom is -0.409 e. The first-order chi connectivity index (χ1) is 7.79. The first-order valence-corrected chi connectivity index (χ1v) is 5.09. The minimum atomic E-state index is -0.0521. The summed E-state index contributed by atoms with van der Waals surface area (Å²) < 4.78 is 0. The maximum absolute atomic E-state index is 8.51. The van der Waals surface area contributed by atoms with E-state index < -0.39 is 0 Å². The second kappa shape index (κ2) is 4.62. The van der Waals surface area contributed by atoms with Gasteiger partial charge in [0, 0.05) is 18.6 Å². The molecule has 0 amide bonds. The van der Waals surface area contributed by atoms with Crippen LogP contribution in [-0.2, 0) is 0 Å². The molecule has 0 fully saturated rings. The van der Waals surface area contributed by atoms with Crippen LogP contribution in [0, 0.1) is 0 Å². The average Bonchev–Trinajstić information content (AvgIpc) is 2.81. The van der Waals surface area contributed by atoms with Gasteiger partial charge in [-0.2, -0.15) is 0 Å². The van der Waals surface area contributed by atoms with E-state index in [1.807, 2.05) is 0 Å². The molecule has 2 rings (SSSR count). The van der Waals surface area contributed by atoms with Crippen LogP contribution in [0.15, 0.2) is 40.1 Å². The molecule has 4 N–H and O–H groups in total. The minimum absolute atomic E-state index is 0.0521. The molecule has 16 heavy (non-hydrogen) atoms. The number of oxime groups is 1. The third kappa shape index (κ3) is 2.28. The maximum atomic E-state index is 8.51. The van der Waals surface area contributed by atoms with Crippen LogP contribution in [0.5, 0.6) is 0 Å². The van der Waals surface area contributed by atoms with E-state index in [-0.39, 0.29) is 5.84 Å². The second-order valence-corrected chi connectivity index (χ2v) is 3.66. The number of nitrogens with zero attached hydrogens (tertiary/aromatic N) is 4. The van der Waals surface area contributed by atoms with Crippen LogP contribution in [0.4, 0.5) is 0 Å². The van der Waals surface area contributed by atoms with Gasteiger partial charge in [-0.1, -0.05) is 5.16 Å². The Morgan fingerprint density at radius 1 is 1.44 bits per heavy atom. The van der Waals surface area contributed by atoms with Gasteiger partial charge in [0.1, 0.15) is 5.69 Å². The monoisotopic (exact) mass is 236 g/mol. The number of nitrogens with two attached hydrogens (primary N) is 1. The highest BCUT2D eigenvalue weighted by Crippen LogP contribution is 2.19. The summed E-state index contributed by atoms with van der Waals surface area (Å²) in [5.41, 5.74) is 5.78. The number of aromatic amines is 1. The molecule has 2 aromatic heterocycles. The van der Waals surface area contributed by atoms with Gasteiger partial charge in [0.15, 0.2) is 16.1 Å². The van der Waals surface area contributed by atoms with Crippen LogP contribution >= 0.6 is 11.8 Å². The molecule has 0 aliphatic carbocycles. The number of rotatable bonds is 3. The fourth-order valence-electron chi connectivity index (χ4n) is 0.977. The topological polar surface area (TPSA) is 113 Å². The van der Waals surface area contributed by atoms with Crippen LogP contribution in [-0.4, -0.2) is 31.0 Å². The molecule has 8 heteroatoms. The quantitative estimate of drug-likeness (QED) is 0.234. The lowest BCUT2D eigenvalue weighted by Gasteiger charge is -1.99. The van der Waals surface area contributed by atoms with Crippen molar-refractivity contribution in [3.63, 3.8) is 0 Å². The third-order valence-corrected chi connectivity index (χ3v) is 2.46. The lowest BCUT2D eigenvalue weighted by Crippen LogP contribution is -2.15. The standard InChI is InChI=1S/C8H8N6OS/c9-6(14-15)5-1-2-10-8(13-5)16-7-11-3-4-12-7/h1-4,15H,(H2,9,14)(H,11,12). The van der Waals surface area contributed by atoms with Crippen molar-refractivity contribution in [1.82, 2.24) is 19.9 Å². The Hall–Kier alpha value is -2.09. The van der Waals surface area contributed by atoms with Crippen LogP contribution in [0.2, 0.25) is 0 Å². The van der Waals surface area contributed by atoms with Crippen molar-refractivity contribution in [2.75, 3.05) is 0 Å². The molecule has 0 aromatic carbocycles. The molecule has 0 atom stereocenters. The van der Waals surface area contributed by atoms with Gasteiger partial charge in [0.2, 0.25) is 0 Å². The Bertz CT molecular complexity index is 497. The number of imidazole rings is 1. The third-order valence-electron chi connectivity index (χ3n) is 1.66. The molecule has 7 nitrogen and oxygen atoms in total. The Morgan fingerprint density at radius 3 is 3.00 bits per heavy atom. The summed E-state index contributed by atoms with van der Waals surface area (Å²) in [6.07, 6.45) is 4.87. The van der Waals surface area contributed by atoms with Crippen molar-refractivity contribution in [3.05, 3.63) is 30.4 Å². The summed E-state index contributed by atoms with van der Waals surface area (Å²) in [6.45, 7) is 0. The average molecular weight is 236 g/mol. The van der Waals surface area contributed by atoms with Crippen LogP contribution in [0.1, 0.15) is 5.69 Å². The van der Waals surface area contributed by atoms with Crippen molar-refractivity contribution in [2.45, 2.75) is 10.3 Å². The van der Waals surface area contributed by atoms with Gasteiger partial charge in [0.05, 0.1) is 0 Å². The van der Waals surface area contributed by atoms with Crippen LogP contribution < -0.4 is 5.73 Å². The number of H-pyrrole nitrogens is 1. The zero-order valence-electron chi connectivity index (χ0n) is 8.03. The Balaban J connectivity index is 2.23. The Morgan fingerprint density at radius 2 is 2.31 bits per heavy atom. The summed E-state index contributed by atoms with van der Waals surface area (Å²) in [4.78, 5) is 15.1. The van der Waals surface area contributed by atoms with E-state index in [0.29, 0.717) is 16.0 Å². The lowest BCUT2D eigenvalue weighted by molar-refractivity contribution is 0.318. The molecule has 0 aliphatic rings. The fourth-order valence-corrected chi connectivity index (χ4v) is 1.65. The number of hydrogen-bond acceptors (Lipinski definition) is 6.